The molecule has 0 heterocycles. The average Bonchev–Trinajstić information content (AvgIpc) is 2.85. The third-order valence-corrected chi connectivity index (χ3v) is 4.28. The summed E-state index contributed by atoms with van der Waals surface area (Å²) in [4.78, 5) is 0. The quantitative estimate of drug-likeness (QED) is 0.728. The zero-order valence-corrected chi connectivity index (χ0v) is 10.2. The standard InChI is InChI=1S/C13H25NO/c1-3-14-13(9-15-4-2)12-8-10-5-6-11(12)7-10/h10-14H,3-9H2,1-2H3. The summed E-state index contributed by atoms with van der Waals surface area (Å²) in [6.07, 6.45) is 5.92. The predicted molar refractivity (Wildman–Crippen MR) is 62.9 cm³/mol. The van der Waals surface area contributed by atoms with Gasteiger partial charge >= 0.3 is 0 Å². The Morgan fingerprint density at radius 3 is 2.67 bits per heavy atom. The lowest BCUT2D eigenvalue weighted by Crippen LogP contribution is -2.42. The van der Waals surface area contributed by atoms with Crippen LogP contribution >= 0.6 is 0 Å². The summed E-state index contributed by atoms with van der Waals surface area (Å²) in [5.74, 6) is 2.94. The molecular formula is C13H25NO. The van der Waals surface area contributed by atoms with Gasteiger partial charge in [0.2, 0.25) is 0 Å². The summed E-state index contributed by atoms with van der Waals surface area (Å²) in [6, 6.07) is 0.616. The molecule has 2 bridgehead atoms. The SMILES string of the molecule is CCNC(COCC)C1CC2CCC1C2. The largest absolute Gasteiger partial charge is 0.380 e. The van der Waals surface area contributed by atoms with E-state index in [0.717, 1.165) is 37.5 Å². The Labute approximate surface area is 93.8 Å². The first-order chi connectivity index (χ1) is 7.35. The topological polar surface area (TPSA) is 21.3 Å². The van der Waals surface area contributed by atoms with Crippen molar-refractivity contribution in [3.8, 4) is 0 Å². The van der Waals surface area contributed by atoms with Crippen LogP contribution in [0.25, 0.3) is 0 Å². The van der Waals surface area contributed by atoms with Crippen LogP contribution in [-0.2, 0) is 4.74 Å². The molecule has 2 heteroatoms. The Morgan fingerprint density at radius 2 is 2.13 bits per heavy atom. The summed E-state index contributed by atoms with van der Waals surface area (Å²) < 4.78 is 5.61. The van der Waals surface area contributed by atoms with Crippen molar-refractivity contribution >= 4 is 0 Å². The Morgan fingerprint density at radius 1 is 1.27 bits per heavy atom. The second-order valence-electron chi connectivity index (χ2n) is 5.16. The van der Waals surface area contributed by atoms with Crippen LogP contribution in [0.3, 0.4) is 0 Å². The zero-order valence-electron chi connectivity index (χ0n) is 10.2. The van der Waals surface area contributed by atoms with Crippen molar-refractivity contribution in [3.63, 3.8) is 0 Å². The fourth-order valence-electron chi connectivity index (χ4n) is 3.63. The fourth-order valence-corrected chi connectivity index (χ4v) is 3.63. The van der Waals surface area contributed by atoms with Gasteiger partial charge < -0.3 is 10.1 Å². The molecule has 2 fully saturated rings. The Balaban J connectivity index is 1.86. The van der Waals surface area contributed by atoms with Gasteiger partial charge in [0.15, 0.2) is 0 Å². The molecule has 0 amide bonds. The molecule has 2 rings (SSSR count). The van der Waals surface area contributed by atoms with E-state index in [1.165, 1.54) is 25.7 Å². The number of ether oxygens (including phenoxy) is 1. The molecule has 0 spiro atoms. The molecule has 4 unspecified atom stereocenters. The highest BCUT2D eigenvalue weighted by Gasteiger charge is 2.42. The van der Waals surface area contributed by atoms with Gasteiger partial charge in [-0.1, -0.05) is 13.3 Å². The molecule has 2 aliphatic carbocycles. The normalized spacial score (nSPS) is 36.0. The van der Waals surface area contributed by atoms with Crippen LogP contribution in [0.15, 0.2) is 0 Å². The van der Waals surface area contributed by atoms with Gasteiger partial charge in [-0.15, -0.1) is 0 Å². The van der Waals surface area contributed by atoms with Crippen molar-refractivity contribution < 1.29 is 4.74 Å². The maximum Gasteiger partial charge on any atom is 0.0622 e. The van der Waals surface area contributed by atoms with Crippen molar-refractivity contribution in [1.82, 2.24) is 5.32 Å². The molecule has 0 saturated heterocycles. The number of hydrogen-bond acceptors (Lipinski definition) is 2. The molecule has 2 saturated carbocycles. The summed E-state index contributed by atoms with van der Waals surface area (Å²) in [5.41, 5.74) is 0. The minimum absolute atomic E-state index is 0.616. The smallest absolute Gasteiger partial charge is 0.0622 e. The van der Waals surface area contributed by atoms with Crippen LogP contribution in [0, 0.1) is 17.8 Å². The van der Waals surface area contributed by atoms with E-state index in [-0.39, 0.29) is 0 Å². The Hall–Kier alpha value is -0.0800. The van der Waals surface area contributed by atoms with Gasteiger partial charge in [0.25, 0.3) is 0 Å². The minimum Gasteiger partial charge on any atom is -0.380 e. The molecule has 4 atom stereocenters. The third kappa shape index (κ3) is 2.54. The van der Waals surface area contributed by atoms with Gasteiger partial charge in [-0.25, -0.2) is 0 Å². The summed E-state index contributed by atoms with van der Waals surface area (Å²) in [5, 5.41) is 3.62. The number of rotatable bonds is 6. The van der Waals surface area contributed by atoms with E-state index in [4.69, 9.17) is 4.74 Å². The van der Waals surface area contributed by atoms with E-state index in [1.807, 2.05) is 0 Å². The van der Waals surface area contributed by atoms with Crippen LogP contribution in [-0.4, -0.2) is 25.8 Å². The number of likely N-dealkylation sites (N-methyl/N-ethyl adjacent to an activating group) is 1. The molecule has 1 N–H and O–H groups in total. The molecule has 15 heavy (non-hydrogen) atoms. The van der Waals surface area contributed by atoms with Gasteiger partial charge in [0.05, 0.1) is 6.61 Å². The molecule has 2 nitrogen and oxygen atoms in total. The number of fused-ring (bicyclic) bond motifs is 2. The minimum atomic E-state index is 0.616. The lowest BCUT2D eigenvalue weighted by atomic mass is 9.83. The highest BCUT2D eigenvalue weighted by molar-refractivity contribution is 4.95. The lowest BCUT2D eigenvalue weighted by Gasteiger charge is -2.30. The Bertz CT molecular complexity index is 195. The van der Waals surface area contributed by atoms with Crippen molar-refractivity contribution in [2.24, 2.45) is 17.8 Å². The van der Waals surface area contributed by atoms with Crippen molar-refractivity contribution in [3.05, 3.63) is 0 Å². The van der Waals surface area contributed by atoms with Crippen LogP contribution in [0.4, 0.5) is 0 Å². The molecule has 0 aromatic rings. The number of hydrogen-bond donors (Lipinski definition) is 1. The van der Waals surface area contributed by atoms with Crippen LogP contribution < -0.4 is 5.32 Å². The predicted octanol–water partition coefficient (Wildman–Crippen LogP) is 2.44. The molecule has 0 aromatic heterocycles. The van der Waals surface area contributed by atoms with Crippen molar-refractivity contribution in [1.29, 1.82) is 0 Å². The molecule has 0 aliphatic heterocycles. The average molecular weight is 211 g/mol. The van der Waals surface area contributed by atoms with Crippen LogP contribution in [0.1, 0.15) is 39.5 Å². The molecule has 0 radical (unpaired) electrons. The van der Waals surface area contributed by atoms with Gasteiger partial charge in [0, 0.05) is 12.6 Å². The monoisotopic (exact) mass is 211 g/mol. The van der Waals surface area contributed by atoms with Gasteiger partial charge in [0.1, 0.15) is 0 Å². The van der Waals surface area contributed by atoms with Gasteiger partial charge in [-0.05, 0) is 50.5 Å². The maximum absolute atomic E-state index is 5.61. The maximum atomic E-state index is 5.61. The van der Waals surface area contributed by atoms with Crippen molar-refractivity contribution in [2.45, 2.75) is 45.6 Å². The number of nitrogens with one attached hydrogen (secondary N) is 1. The first-order valence-corrected chi connectivity index (χ1v) is 6.66. The summed E-state index contributed by atoms with van der Waals surface area (Å²) in [6.45, 7) is 7.13. The third-order valence-electron chi connectivity index (χ3n) is 4.28. The van der Waals surface area contributed by atoms with Gasteiger partial charge in [-0.3, -0.25) is 0 Å². The zero-order chi connectivity index (χ0) is 10.7. The summed E-state index contributed by atoms with van der Waals surface area (Å²) >= 11 is 0. The van der Waals surface area contributed by atoms with E-state index in [1.54, 1.807) is 0 Å². The highest BCUT2D eigenvalue weighted by atomic mass is 16.5. The van der Waals surface area contributed by atoms with Gasteiger partial charge in [-0.2, -0.15) is 0 Å². The second kappa shape index (κ2) is 5.31. The van der Waals surface area contributed by atoms with E-state index >= 15 is 0 Å². The van der Waals surface area contributed by atoms with E-state index in [0.29, 0.717) is 6.04 Å². The molecular weight excluding hydrogens is 186 g/mol. The molecule has 0 aromatic carbocycles. The van der Waals surface area contributed by atoms with E-state index in [9.17, 15) is 0 Å². The molecule has 2 aliphatic rings. The Kier molecular flexibility index (Phi) is 4.04. The summed E-state index contributed by atoms with van der Waals surface area (Å²) in [7, 11) is 0. The fraction of sp³-hybridized carbons (Fsp3) is 1.00. The first kappa shape index (κ1) is 11.4. The van der Waals surface area contributed by atoms with Crippen molar-refractivity contribution in [2.75, 3.05) is 19.8 Å². The first-order valence-electron chi connectivity index (χ1n) is 6.66. The lowest BCUT2D eigenvalue weighted by molar-refractivity contribution is 0.0891. The molecule has 88 valence electrons. The second-order valence-corrected chi connectivity index (χ2v) is 5.16. The van der Waals surface area contributed by atoms with Crippen LogP contribution in [0.2, 0.25) is 0 Å². The van der Waals surface area contributed by atoms with Crippen LogP contribution in [0.5, 0.6) is 0 Å². The van der Waals surface area contributed by atoms with E-state index < -0.39 is 0 Å². The highest BCUT2D eigenvalue weighted by Crippen LogP contribution is 2.49. The van der Waals surface area contributed by atoms with E-state index in [2.05, 4.69) is 19.2 Å².